The Labute approximate surface area is 132 Å². The fourth-order valence-electron chi connectivity index (χ4n) is 2.92. The van der Waals surface area contributed by atoms with Gasteiger partial charge in [0.25, 0.3) is 0 Å². The Kier molecular flexibility index (Phi) is 3.42. The molecule has 118 valence electrons. The van der Waals surface area contributed by atoms with Gasteiger partial charge in [-0.15, -0.1) is 15.3 Å². The third-order valence-electron chi connectivity index (χ3n) is 4.08. The number of halogens is 1. The second kappa shape index (κ2) is 5.58. The molecule has 4 rings (SSSR count). The fourth-order valence-corrected chi connectivity index (χ4v) is 2.92. The average Bonchev–Trinajstić information content (AvgIpc) is 2.98. The predicted octanol–water partition coefficient (Wildman–Crippen LogP) is 1.89. The van der Waals surface area contributed by atoms with Gasteiger partial charge in [0.1, 0.15) is 11.6 Å². The van der Waals surface area contributed by atoms with Gasteiger partial charge in [-0.2, -0.15) is 4.52 Å². The zero-order chi connectivity index (χ0) is 15.8. The van der Waals surface area contributed by atoms with Gasteiger partial charge in [-0.25, -0.2) is 4.39 Å². The smallest absolute Gasteiger partial charge is 0.188 e. The molecule has 1 unspecified atom stereocenters. The molecule has 3 heterocycles. The molecule has 0 spiro atoms. The first kappa shape index (κ1) is 14.1. The third kappa shape index (κ3) is 2.53. The number of β-amino-alcohol motifs (C(OH)–C–C–N with tert-alkyl or cyclic N) is 1. The topological polar surface area (TPSA) is 66.5 Å². The van der Waals surface area contributed by atoms with Crippen LogP contribution in [-0.4, -0.2) is 44.1 Å². The Bertz CT molecular complexity index is 849. The summed E-state index contributed by atoms with van der Waals surface area (Å²) in [7, 11) is 0. The molecule has 0 radical (unpaired) electrons. The van der Waals surface area contributed by atoms with Crippen molar-refractivity contribution >= 4 is 11.5 Å². The first-order chi connectivity index (χ1) is 11.2. The van der Waals surface area contributed by atoms with E-state index < -0.39 is 0 Å². The number of anilines is 1. The van der Waals surface area contributed by atoms with E-state index in [1.54, 1.807) is 28.8 Å². The van der Waals surface area contributed by atoms with Gasteiger partial charge in [-0.05, 0) is 37.1 Å². The van der Waals surface area contributed by atoms with E-state index >= 15 is 0 Å². The van der Waals surface area contributed by atoms with E-state index in [-0.39, 0.29) is 11.9 Å². The Balaban J connectivity index is 1.79. The normalized spacial score (nSPS) is 18.5. The minimum atomic E-state index is -0.359. The molecule has 1 atom stereocenters. The predicted molar refractivity (Wildman–Crippen MR) is 83.6 cm³/mol. The highest BCUT2D eigenvalue weighted by molar-refractivity contribution is 5.60. The minimum absolute atomic E-state index is 0.340. The van der Waals surface area contributed by atoms with Crippen LogP contribution in [0.25, 0.3) is 17.0 Å². The molecule has 6 nitrogen and oxygen atoms in total. The summed E-state index contributed by atoms with van der Waals surface area (Å²) >= 11 is 0. The van der Waals surface area contributed by atoms with Crippen LogP contribution in [0.3, 0.4) is 0 Å². The summed E-state index contributed by atoms with van der Waals surface area (Å²) in [5.74, 6) is 0.744. The molecule has 7 heteroatoms. The van der Waals surface area contributed by atoms with Crippen molar-refractivity contribution in [2.45, 2.75) is 18.9 Å². The van der Waals surface area contributed by atoms with E-state index in [1.165, 1.54) is 6.07 Å². The number of hydrogen-bond donors (Lipinski definition) is 1. The van der Waals surface area contributed by atoms with Crippen LogP contribution in [0.2, 0.25) is 0 Å². The molecule has 3 aromatic rings. The Morgan fingerprint density at radius 2 is 2.00 bits per heavy atom. The van der Waals surface area contributed by atoms with Gasteiger partial charge in [0, 0.05) is 13.1 Å². The maximum absolute atomic E-state index is 14.0. The molecule has 0 saturated carbocycles. The van der Waals surface area contributed by atoms with Crippen molar-refractivity contribution in [1.29, 1.82) is 0 Å². The molecule has 1 saturated heterocycles. The Hall–Kier alpha value is -2.54. The van der Waals surface area contributed by atoms with Gasteiger partial charge in [-0.3, -0.25) is 0 Å². The van der Waals surface area contributed by atoms with Crippen molar-refractivity contribution in [1.82, 2.24) is 19.8 Å². The molecular weight excluding hydrogens is 297 g/mol. The highest BCUT2D eigenvalue weighted by Crippen LogP contribution is 2.23. The maximum Gasteiger partial charge on any atom is 0.188 e. The number of piperidine rings is 1. The van der Waals surface area contributed by atoms with Crippen LogP contribution in [-0.2, 0) is 0 Å². The third-order valence-corrected chi connectivity index (χ3v) is 4.08. The van der Waals surface area contributed by atoms with Crippen LogP contribution in [0, 0.1) is 5.82 Å². The zero-order valence-electron chi connectivity index (χ0n) is 12.4. The summed E-state index contributed by atoms with van der Waals surface area (Å²) in [6, 6.07) is 10.1. The molecule has 0 bridgehead atoms. The number of nitrogens with zero attached hydrogens (tertiary/aromatic N) is 5. The van der Waals surface area contributed by atoms with E-state index in [4.69, 9.17) is 0 Å². The lowest BCUT2D eigenvalue weighted by molar-refractivity contribution is 0.153. The van der Waals surface area contributed by atoms with Gasteiger partial charge in [-0.1, -0.05) is 12.1 Å². The van der Waals surface area contributed by atoms with Gasteiger partial charge in [0.05, 0.1) is 11.7 Å². The standard InChI is InChI=1S/C16H16FN5O/c17-13-6-2-1-5-12(13)16-19-18-14-7-8-15(20-22(14)16)21-9-3-4-11(23)10-21/h1-2,5-8,11,23H,3-4,9-10H2. The lowest BCUT2D eigenvalue weighted by Crippen LogP contribution is -2.38. The van der Waals surface area contributed by atoms with Crippen LogP contribution in [0.1, 0.15) is 12.8 Å². The molecular formula is C16H16FN5O. The molecule has 1 aliphatic heterocycles. The molecule has 1 fully saturated rings. The van der Waals surface area contributed by atoms with Gasteiger partial charge < -0.3 is 10.0 Å². The van der Waals surface area contributed by atoms with Gasteiger partial charge in [0.2, 0.25) is 0 Å². The van der Waals surface area contributed by atoms with Crippen molar-refractivity contribution in [3.05, 3.63) is 42.2 Å². The van der Waals surface area contributed by atoms with E-state index in [2.05, 4.69) is 15.3 Å². The second-order valence-corrected chi connectivity index (χ2v) is 5.71. The van der Waals surface area contributed by atoms with Crippen LogP contribution in [0.4, 0.5) is 10.2 Å². The quantitative estimate of drug-likeness (QED) is 0.782. The maximum atomic E-state index is 14.0. The van der Waals surface area contributed by atoms with Crippen molar-refractivity contribution in [2.75, 3.05) is 18.0 Å². The molecule has 1 aromatic carbocycles. The van der Waals surface area contributed by atoms with Gasteiger partial charge in [0.15, 0.2) is 11.5 Å². The number of fused-ring (bicyclic) bond motifs is 1. The number of aliphatic hydroxyl groups excluding tert-OH is 1. The lowest BCUT2D eigenvalue weighted by Gasteiger charge is -2.30. The number of aliphatic hydroxyl groups is 1. The van der Waals surface area contributed by atoms with E-state index in [0.29, 0.717) is 23.6 Å². The van der Waals surface area contributed by atoms with E-state index in [9.17, 15) is 9.50 Å². The van der Waals surface area contributed by atoms with Crippen LogP contribution >= 0.6 is 0 Å². The summed E-state index contributed by atoms with van der Waals surface area (Å²) in [6.07, 6.45) is 1.39. The van der Waals surface area contributed by atoms with Crippen molar-refractivity contribution < 1.29 is 9.50 Å². The van der Waals surface area contributed by atoms with E-state index in [0.717, 1.165) is 25.2 Å². The zero-order valence-corrected chi connectivity index (χ0v) is 12.4. The van der Waals surface area contributed by atoms with Crippen LogP contribution < -0.4 is 4.90 Å². The largest absolute Gasteiger partial charge is 0.391 e. The van der Waals surface area contributed by atoms with E-state index in [1.807, 2.05) is 11.0 Å². The highest BCUT2D eigenvalue weighted by atomic mass is 19.1. The molecule has 0 amide bonds. The minimum Gasteiger partial charge on any atom is -0.391 e. The first-order valence-corrected chi connectivity index (χ1v) is 7.63. The summed E-state index contributed by atoms with van der Waals surface area (Å²) in [4.78, 5) is 2.03. The van der Waals surface area contributed by atoms with Crippen LogP contribution in [0.15, 0.2) is 36.4 Å². The fraction of sp³-hybridized carbons (Fsp3) is 0.312. The average molecular weight is 313 g/mol. The molecule has 2 aromatic heterocycles. The Morgan fingerprint density at radius 1 is 1.13 bits per heavy atom. The number of benzene rings is 1. The number of hydrogen-bond acceptors (Lipinski definition) is 5. The van der Waals surface area contributed by atoms with Gasteiger partial charge >= 0.3 is 0 Å². The molecule has 23 heavy (non-hydrogen) atoms. The Morgan fingerprint density at radius 3 is 2.83 bits per heavy atom. The second-order valence-electron chi connectivity index (χ2n) is 5.71. The first-order valence-electron chi connectivity index (χ1n) is 7.63. The molecule has 1 N–H and O–H groups in total. The summed E-state index contributed by atoms with van der Waals surface area (Å²) in [5, 5.41) is 22.5. The SMILES string of the molecule is OC1CCCN(c2ccc3nnc(-c4ccccc4F)n3n2)C1. The lowest BCUT2D eigenvalue weighted by atomic mass is 10.1. The molecule has 0 aliphatic carbocycles. The van der Waals surface area contributed by atoms with Crippen LogP contribution in [0.5, 0.6) is 0 Å². The van der Waals surface area contributed by atoms with Crippen molar-refractivity contribution in [2.24, 2.45) is 0 Å². The number of rotatable bonds is 2. The molecule has 1 aliphatic rings. The monoisotopic (exact) mass is 313 g/mol. The van der Waals surface area contributed by atoms with Crippen molar-refractivity contribution in [3.63, 3.8) is 0 Å². The number of aromatic nitrogens is 4. The summed E-state index contributed by atoms with van der Waals surface area (Å²) in [5.41, 5.74) is 0.924. The highest BCUT2D eigenvalue weighted by Gasteiger charge is 2.20. The summed E-state index contributed by atoms with van der Waals surface area (Å²) in [6.45, 7) is 1.39. The summed E-state index contributed by atoms with van der Waals surface area (Å²) < 4.78 is 15.6. The van der Waals surface area contributed by atoms with Crippen molar-refractivity contribution in [3.8, 4) is 11.4 Å².